The molecular weight excluding hydrogens is 357 g/mol. The lowest BCUT2D eigenvalue weighted by atomic mass is 10.0. The molecular formula is C20H23F3N2O2. The van der Waals surface area contributed by atoms with Crippen LogP contribution in [0.5, 0.6) is 0 Å². The summed E-state index contributed by atoms with van der Waals surface area (Å²) in [5, 5.41) is 2.85. The Balaban J connectivity index is 1.77. The number of alkyl halides is 3. The first kappa shape index (κ1) is 19.5. The number of benzene rings is 1. The molecule has 0 bridgehead atoms. The molecule has 2 amide bonds. The number of hydrogen-bond donors (Lipinski definition) is 1. The second-order valence-corrected chi connectivity index (χ2v) is 7.16. The van der Waals surface area contributed by atoms with Gasteiger partial charge in [-0.2, -0.15) is 13.2 Å². The van der Waals surface area contributed by atoms with E-state index in [-0.39, 0.29) is 24.3 Å². The SMILES string of the molecule is O=C(CC1C=CCC1)NC(CN1CCCC1=O)c1cccc(C(F)(F)F)c1. The fourth-order valence-electron chi connectivity index (χ4n) is 3.64. The van der Waals surface area contributed by atoms with Gasteiger partial charge in [-0.3, -0.25) is 9.59 Å². The fraction of sp³-hybridized carbons (Fsp3) is 0.500. The van der Waals surface area contributed by atoms with Crippen LogP contribution in [0.4, 0.5) is 13.2 Å². The van der Waals surface area contributed by atoms with E-state index >= 15 is 0 Å². The summed E-state index contributed by atoms with van der Waals surface area (Å²) in [6.07, 6.45) is 2.91. The zero-order chi connectivity index (χ0) is 19.4. The number of nitrogens with one attached hydrogen (secondary N) is 1. The molecule has 3 rings (SSSR count). The van der Waals surface area contributed by atoms with E-state index in [1.54, 1.807) is 11.0 Å². The van der Waals surface area contributed by atoms with Crippen LogP contribution in [0.2, 0.25) is 0 Å². The van der Waals surface area contributed by atoms with E-state index in [9.17, 15) is 22.8 Å². The fourth-order valence-corrected chi connectivity index (χ4v) is 3.64. The third-order valence-electron chi connectivity index (χ3n) is 5.09. The van der Waals surface area contributed by atoms with Gasteiger partial charge in [-0.1, -0.05) is 24.3 Å². The van der Waals surface area contributed by atoms with E-state index in [1.165, 1.54) is 6.07 Å². The second-order valence-electron chi connectivity index (χ2n) is 7.16. The maximum Gasteiger partial charge on any atom is 0.416 e. The number of likely N-dealkylation sites (tertiary alicyclic amines) is 1. The Morgan fingerprint density at radius 2 is 2.15 bits per heavy atom. The van der Waals surface area contributed by atoms with Crippen LogP contribution in [0.15, 0.2) is 36.4 Å². The minimum Gasteiger partial charge on any atom is -0.347 e. The first-order valence-corrected chi connectivity index (χ1v) is 9.24. The number of carbonyl (C=O) groups is 2. The van der Waals surface area contributed by atoms with Crippen molar-refractivity contribution in [3.63, 3.8) is 0 Å². The molecule has 1 aliphatic carbocycles. The zero-order valence-corrected chi connectivity index (χ0v) is 15.0. The summed E-state index contributed by atoms with van der Waals surface area (Å²) in [6.45, 7) is 0.752. The van der Waals surface area contributed by atoms with Crippen molar-refractivity contribution in [3.8, 4) is 0 Å². The van der Waals surface area contributed by atoms with Gasteiger partial charge in [-0.05, 0) is 42.9 Å². The van der Waals surface area contributed by atoms with Gasteiger partial charge in [-0.25, -0.2) is 0 Å². The van der Waals surface area contributed by atoms with Crippen LogP contribution in [-0.4, -0.2) is 29.8 Å². The van der Waals surface area contributed by atoms with Crippen LogP contribution >= 0.6 is 0 Å². The van der Waals surface area contributed by atoms with Crippen molar-refractivity contribution < 1.29 is 22.8 Å². The molecule has 146 valence electrons. The van der Waals surface area contributed by atoms with Crippen molar-refractivity contribution in [3.05, 3.63) is 47.5 Å². The Labute approximate surface area is 156 Å². The molecule has 2 aliphatic rings. The molecule has 1 aromatic carbocycles. The topological polar surface area (TPSA) is 49.4 Å². The van der Waals surface area contributed by atoms with Gasteiger partial charge in [0.25, 0.3) is 0 Å². The molecule has 27 heavy (non-hydrogen) atoms. The normalized spacial score (nSPS) is 20.9. The van der Waals surface area contributed by atoms with Gasteiger partial charge in [0.15, 0.2) is 0 Å². The monoisotopic (exact) mass is 380 g/mol. The van der Waals surface area contributed by atoms with Crippen molar-refractivity contribution in [2.24, 2.45) is 5.92 Å². The third-order valence-corrected chi connectivity index (χ3v) is 5.09. The summed E-state index contributed by atoms with van der Waals surface area (Å²) in [6, 6.07) is 4.31. The highest BCUT2D eigenvalue weighted by Gasteiger charge is 2.32. The largest absolute Gasteiger partial charge is 0.416 e. The van der Waals surface area contributed by atoms with Crippen LogP contribution in [0.25, 0.3) is 0 Å². The molecule has 1 N–H and O–H groups in total. The molecule has 1 saturated heterocycles. The van der Waals surface area contributed by atoms with Crippen LogP contribution in [0.1, 0.15) is 49.3 Å². The number of halogens is 3. The van der Waals surface area contributed by atoms with E-state index in [0.717, 1.165) is 31.4 Å². The summed E-state index contributed by atoms with van der Waals surface area (Å²) >= 11 is 0. The maximum atomic E-state index is 13.1. The average molecular weight is 380 g/mol. The van der Waals surface area contributed by atoms with E-state index in [2.05, 4.69) is 5.32 Å². The lowest BCUT2D eigenvalue weighted by Gasteiger charge is -2.26. The minimum absolute atomic E-state index is 0.0278. The Bertz CT molecular complexity index is 730. The van der Waals surface area contributed by atoms with E-state index in [1.807, 2.05) is 12.2 Å². The van der Waals surface area contributed by atoms with Crippen molar-refractivity contribution in [1.82, 2.24) is 10.2 Å². The summed E-state index contributed by atoms with van der Waals surface area (Å²) in [4.78, 5) is 26.0. The Kier molecular flexibility index (Phi) is 5.87. The predicted octanol–water partition coefficient (Wildman–Crippen LogP) is 3.84. The van der Waals surface area contributed by atoms with Crippen molar-refractivity contribution in [1.29, 1.82) is 0 Å². The Hall–Kier alpha value is -2.31. The van der Waals surface area contributed by atoms with Gasteiger partial charge in [0.1, 0.15) is 0 Å². The summed E-state index contributed by atoms with van der Waals surface area (Å²) in [5.74, 6) is -0.0684. The minimum atomic E-state index is -4.46. The Morgan fingerprint density at radius 1 is 1.33 bits per heavy atom. The first-order chi connectivity index (χ1) is 12.8. The second kappa shape index (κ2) is 8.15. The molecule has 0 aromatic heterocycles. The lowest BCUT2D eigenvalue weighted by molar-refractivity contribution is -0.137. The number of amides is 2. The maximum absolute atomic E-state index is 13.1. The standard InChI is InChI=1S/C20H23F3N2O2/c21-20(22,23)16-8-3-7-15(12-16)17(13-25-10-4-9-19(25)27)24-18(26)11-14-5-1-2-6-14/h1,3,5,7-8,12,14,17H,2,4,6,9-11,13H2,(H,24,26). The molecule has 7 heteroatoms. The van der Waals surface area contributed by atoms with Gasteiger partial charge in [0.2, 0.25) is 11.8 Å². The smallest absolute Gasteiger partial charge is 0.347 e. The van der Waals surface area contributed by atoms with Crippen LogP contribution in [-0.2, 0) is 15.8 Å². The molecule has 2 atom stereocenters. The third kappa shape index (κ3) is 5.11. The average Bonchev–Trinajstić information content (AvgIpc) is 3.26. The molecule has 1 fully saturated rings. The highest BCUT2D eigenvalue weighted by atomic mass is 19.4. The van der Waals surface area contributed by atoms with E-state index in [0.29, 0.717) is 24.9 Å². The van der Waals surface area contributed by atoms with Crippen molar-refractivity contribution in [2.75, 3.05) is 13.1 Å². The quantitative estimate of drug-likeness (QED) is 0.763. The van der Waals surface area contributed by atoms with Crippen molar-refractivity contribution >= 4 is 11.8 Å². The van der Waals surface area contributed by atoms with Crippen LogP contribution < -0.4 is 5.32 Å². The summed E-state index contributed by atoms with van der Waals surface area (Å²) < 4.78 is 39.2. The number of allylic oxidation sites excluding steroid dienone is 2. The highest BCUT2D eigenvalue weighted by Crippen LogP contribution is 2.31. The first-order valence-electron chi connectivity index (χ1n) is 9.24. The molecule has 1 aliphatic heterocycles. The molecule has 0 radical (unpaired) electrons. The van der Waals surface area contributed by atoms with Crippen molar-refractivity contribution in [2.45, 2.75) is 44.3 Å². The molecule has 0 spiro atoms. The van der Waals surface area contributed by atoms with Gasteiger partial charge in [-0.15, -0.1) is 0 Å². The number of carbonyl (C=O) groups excluding carboxylic acids is 2. The zero-order valence-electron chi connectivity index (χ0n) is 15.0. The van der Waals surface area contributed by atoms with Crippen LogP contribution in [0.3, 0.4) is 0 Å². The number of hydrogen-bond acceptors (Lipinski definition) is 2. The predicted molar refractivity (Wildman–Crippen MR) is 94.6 cm³/mol. The van der Waals surface area contributed by atoms with E-state index in [4.69, 9.17) is 0 Å². The molecule has 1 heterocycles. The Morgan fingerprint density at radius 3 is 2.78 bits per heavy atom. The number of rotatable bonds is 6. The molecule has 2 unspecified atom stereocenters. The summed E-state index contributed by atoms with van der Waals surface area (Å²) in [7, 11) is 0. The van der Waals surface area contributed by atoms with E-state index < -0.39 is 17.8 Å². The van der Waals surface area contributed by atoms with Gasteiger partial charge >= 0.3 is 6.18 Å². The van der Waals surface area contributed by atoms with Gasteiger partial charge in [0.05, 0.1) is 11.6 Å². The summed E-state index contributed by atoms with van der Waals surface area (Å²) in [5.41, 5.74) is -0.398. The number of nitrogens with zero attached hydrogens (tertiary/aromatic N) is 1. The lowest BCUT2D eigenvalue weighted by Crippen LogP contribution is -2.39. The molecule has 0 saturated carbocycles. The highest BCUT2D eigenvalue weighted by molar-refractivity contribution is 5.79. The van der Waals surface area contributed by atoms with Gasteiger partial charge in [0, 0.05) is 25.9 Å². The molecule has 1 aromatic rings. The van der Waals surface area contributed by atoms with Gasteiger partial charge < -0.3 is 10.2 Å². The molecule has 4 nitrogen and oxygen atoms in total. The van der Waals surface area contributed by atoms with Crippen LogP contribution in [0, 0.1) is 5.92 Å².